The Morgan fingerprint density at radius 3 is 2.50 bits per heavy atom. The Balaban J connectivity index is 1.46. The highest BCUT2D eigenvalue weighted by Gasteiger charge is 2.11. The first-order valence-corrected chi connectivity index (χ1v) is 9.71. The van der Waals surface area contributed by atoms with Crippen LogP contribution >= 0.6 is 11.8 Å². The van der Waals surface area contributed by atoms with Gasteiger partial charge in [-0.15, -0.1) is 0 Å². The topological polar surface area (TPSA) is 70.5 Å². The van der Waals surface area contributed by atoms with Crippen LogP contribution in [0.2, 0.25) is 0 Å². The van der Waals surface area contributed by atoms with E-state index in [1.54, 1.807) is 6.21 Å². The van der Waals surface area contributed by atoms with E-state index in [0.717, 1.165) is 30.0 Å². The summed E-state index contributed by atoms with van der Waals surface area (Å²) < 4.78 is 0. The Hall–Kier alpha value is -2.41. The maximum absolute atomic E-state index is 11.9. The summed E-state index contributed by atoms with van der Waals surface area (Å²) in [7, 11) is 0. The molecular weight excluding hydrogens is 346 g/mol. The van der Waals surface area contributed by atoms with Crippen LogP contribution in [-0.4, -0.2) is 40.9 Å². The highest BCUT2D eigenvalue weighted by molar-refractivity contribution is 7.99. The van der Waals surface area contributed by atoms with Crippen molar-refractivity contribution < 1.29 is 4.79 Å². The summed E-state index contributed by atoms with van der Waals surface area (Å²) in [5.41, 5.74) is 6.54. The number of benzene rings is 1. The normalized spacial score (nSPS) is 14.2. The minimum atomic E-state index is -0.178. The van der Waals surface area contributed by atoms with Crippen molar-refractivity contribution in [3.05, 3.63) is 47.3 Å². The van der Waals surface area contributed by atoms with E-state index in [4.69, 9.17) is 0 Å². The lowest BCUT2D eigenvalue weighted by molar-refractivity contribution is -0.118. The standard InChI is InChI=1S/C19H23N5OS/c1-14-11-15(2)22-19(21-14)26-13-18(25)23-20-12-16-5-7-17(8-6-16)24-9-3-4-10-24/h5-8,11-12H,3-4,9-10,13H2,1-2H3,(H,23,25)/b20-12-. The van der Waals surface area contributed by atoms with Gasteiger partial charge in [0.15, 0.2) is 5.16 Å². The van der Waals surface area contributed by atoms with Gasteiger partial charge in [-0.05, 0) is 50.5 Å². The number of hydrazone groups is 1. The van der Waals surface area contributed by atoms with Crippen molar-refractivity contribution in [1.82, 2.24) is 15.4 Å². The number of hydrogen-bond donors (Lipinski definition) is 1. The maximum atomic E-state index is 11.9. The molecule has 0 spiro atoms. The van der Waals surface area contributed by atoms with E-state index in [1.807, 2.05) is 32.0 Å². The van der Waals surface area contributed by atoms with Crippen LogP contribution in [0.1, 0.15) is 29.8 Å². The van der Waals surface area contributed by atoms with Gasteiger partial charge in [0, 0.05) is 30.2 Å². The minimum absolute atomic E-state index is 0.178. The molecule has 3 rings (SSSR count). The van der Waals surface area contributed by atoms with Gasteiger partial charge in [0.1, 0.15) is 0 Å². The van der Waals surface area contributed by atoms with E-state index < -0.39 is 0 Å². The Morgan fingerprint density at radius 1 is 1.19 bits per heavy atom. The quantitative estimate of drug-likeness (QED) is 0.367. The summed E-state index contributed by atoms with van der Waals surface area (Å²) in [6, 6.07) is 10.1. The van der Waals surface area contributed by atoms with Gasteiger partial charge in [-0.1, -0.05) is 23.9 Å². The molecule has 1 fully saturated rings. The van der Waals surface area contributed by atoms with E-state index in [2.05, 4.69) is 37.5 Å². The molecule has 1 amide bonds. The molecule has 1 aromatic carbocycles. The SMILES string of the molecule is Cc1cc(C)nc(SCC(=O)N/N=C\c2ccc(N3CCCC3)cc2)n1. The van der Waals surface area contributed by atoms with Gasteiger partial charge in [0.2, 0.25) is 0 Å². The largest absolute Gasteiger partial charge is 0.372 e. The van der Waals surface area contributed by atoms with Crippen LogP contribution in [0.4, 0.5) is 5.69 Å². The number of hydrogen-bond acceptors (Lipinski definition) is 6. The van der Waals surface area contributed by atoms with Crippen molar-refractivity contribution >= 4 is 29.6 Å². The molecule has 0 saturated carbocycles. The molecule has 26 heavy (non-hydrogen) atoms. The van der Waals surface area contributed by atoms with Gasteiger partial charge in [-0.2, -0.15) is 5.10 Å². The van der Waals surface area contributed by atoms with E-state index in [0.29, 0.717) is 5.16 Å². The third kappa shape index (κ3) is 5.29. The van der Waals surface area contributed by atoms with Gasteiger partial charge >= 0.3 is 0 Å². The third-order valence-electron chi connectivity index (χ3n) is 4.06. The first-order chi connectivity index (χ1) is 12.6. The number of nitrogens with zero attached hydrogens (tertiary/aromatic N) is 4. The number of aromatic nitrogens is 2. The molecule has 1 saturated heterocycles. The van der Waals surface area contributed by atoms with Crippen molar-refractivity contribution in [3.8, 4) is 0 Å². The van der Waals surface area contributed by atoms with Crippen LogP contribution in [0.5, 0.6) is 0 Å². The van der Waals surface area contributed by atoms with Gasteiger partial charge in [0.25, 0.3) is 5.91 Å². The fraction of sp³-hybridized carbons (Fsp3) is 0.368. The van der Waals surface area contributed by atoms with Crippen LogP contribution < -0.4 is 10.3 Å². The number of aryl methyl sites for hydroxylation is 2. The predicted molar refractivity (Wildman–Crippen MR) is 106 cm³/mol. The second-order valence-electron chi connectivity index (χ2n) is 6.30. The van der Waals surface area contributed by atoms with E-state index >= 15 is 0 Å². The number of nitrogens with one attached hydrogen (secondary N) is 1. The van der Waals surface area contributed by atoms with Crippen LogP contribution in [0, 0.1) is 13.8 Å². The number of rotatable bonds is 6. The lowest BCUT2D eigenvalue weighted by atomic mass is 10.2. The van der Waals surface area contributed by atoms with Gasteiger partial charge < -0.3 is 4.90 Å². The predicted octanol–water partition coefficient (Wildman–Crippen LogP) is 2.94. The molecule has 2 aromatic rings. The van der Waals surface area contributed by atoms with Crippen LogP contribution in [0.15, 0.2) is 40.6 Å². The van der Waals surface area contributed by atoms with Crippen LogP contribution in [0.3, 0.4) is 0 Å². The molecule has 136 valence electrons. The van der Waals surface area contributed by atoms with Crippen molar-refractivity contribution in [2.75, 3.05) is 23.7 Å². The molecule has 0 aliphatic carbocycles. The van der Waals surface area contributed by atoms with E-state index in [-0.39, 0.29) is 11.7 Å². The van der Waals surface area contributed by atoms with Gasteiger partial charge in [-0.25, -0.2) is 15.4 Å². The van der Waals surface area contributed by atoms with Crippen LogP contribution in [0.25, 0.3) is 0 Å². The summed E-state index contributed by atoms with van der Waals surface area (Å²) in [4.78, 5) is 22.9. The van der Waals surface area contributed by atoms with Crippen molar-refractivity contribution in [1.29, 1.82) is 0 Å². The Kier molecular flexibility index (Phi) is 6.22. The summed E-state index contributed by atoms with van der Waals surface area (Å²) in [6.07, 6.45) is 4.18. The summed E-state index contributed by atoms with van der Waals surface area (Å²) in [6.45, 7) is 6.09. The van der Waals surface area contributed by atoms with E-state index in [1.165, 1.54) is 30.3 Å². The van der Waals surface area contributed by atoms with E-state index in [9.17, 15) is 4.79 Å². The number of carbonyl (C=O) groups is 1. The zero-order valence-corrected chi connectivity index (χ0v) is 15.9. The highest BCUT2D eigenvalue weighted by atomic mass is 32.2. The third-order valence-corrected chi connectivity index (χ3v) is 4.91. The van der Waals surface area contributed by atoms with Gasteiger partial charge in [0.05, 0.1) is 12.0 Å². The number of thioether (sulfide) groups is 1. The Morgan fingerprint density at radius 2 is 1.85 bits per heavy atom. The second-order valence-corrected chi connectivity index (χ2v) is 7.24. The summed E-state index contributed by atoms with van der Waals surface area (Å²) in [5.74, 6) is 0.0522. The Bertz CT molecular complexity index is 765. The average Bonchev–Trinajstić information content (AvgIpc) is 3.14. The molecule has 1 aliphatic heterocycles. The van der Waals surface area contributed by atoms with Gasteiger partial charge in [-0.3, -0.25) is 4.79 Å². The maximum Gasteiger partial charge on any atom is 0.250 e. The zero-order valence-electron chi connectivity index (χ0n) is 15.1. The first-order valence-electron chi connectivity index (χ1n) is 8.72. The fourth-order valence-electron chi connectivity index (χ4n) is 2.85. The summed E-state index contributed by atoms with van der Waals surface area (Å²) >= 11 is 1.31. The average molecular weight is 369 g/mol. The zero-order chi connectivity index (χ0) is 18.4. The fourth-order valence-corrected chi connectivity index (χ4v) is 3.59. The number of carbonyl (C=O) groups excluding carboxylic acids is 1. The van der Waals surface area contributed by atoms with Crippen molar-refractivity contribution in [3.63, 3.8) is 0 Å². The smallest absolute Gasteiger partial charge is 0.250 e. The molecule has 2 heterocycles. The van der Waals surface area contributed by atoms with Crippen LogP contribution in [-0.2, 0) is 4.79 Å². The van der Waals surface area contributed by atoms with Crippen molar-refractivity contribution in [2.24, 2.45) is 5.10 Å². The molecule has 0 bridgehead atoms. The lowest BCUT2D eigenvalue weighted by Crippen LogP contribution is -2.20. The minimum Gasteiger partial charge on any atom is -0.372 e. The summed E-state index contributed by atoms with van der Waals surface area (Å²) in [5, 5.41) is 4.63. The Labute approximate surface area is 158 Å². The first kappa shape index (κ1) is 18.4. The number of anilines is 1. The molecule has 1 aliphatic rings. The monoisotopic (exact) mass is 369 g/mol. The lowest BCUT2D eigenvalue weighted by Gasteiger charge is -2.17. The second kappa shape index (κ2) is 8.80. The molecule has 7 heteroatoms. The molecule has 0 radical (unpaired) electrons. The molecule has 1 N–H and O–H groups in total. The molecule has 0 atom stereocenters. The number of amides is 1. The van der Waals surface area contributed by atoms with Crippen molar-refractivity contribution in [2.45, 2.75) is 31.8 Å². The molecule has 6 nitrogen and oxygen atoms in total. The molecular formula is C19H23N5OS. The molecule has 1 aromatic heterocycles. The molecule has 0 unspecified atom stereocenters. The highest BCUT2D eigenvalue weighted by Crippen LogP contribution is 2.20.